The lowest BCUT2D eigenvalue weighted by molar-refractivity contribution is -0.136. The number of benzene rings is 1. The standard InChI is InChI=1S/C20H27NO5/c1-4-17(10-11-24-12-16-8-6-5-7-9-16)25-14-19(22)21-18(15(2)3)13-26-20(21)23/h4-9,15,17-18H,1,10-14H2,2-3H3/t17-,18+/m1/s1. The zero-order valence-electron chi connectivity index (χ0n) is 15.4. The van der Waals surface area contributed by atoms with Crippen LogP contribution in [-0.2, 0) is 25.6 Å². The van der Waals surface area contributed by atoms with Crippen LogP contribution in [0.4, 0.5) is 4.79 Å². The predicted octanol–water partition coefficient (Wildman–Crippen LogP) is 3.17. The van der Waals surface area contributed by atoms with Crippen LogP contribution in [0.3, 0.4) is 0 Å². The number of hydrogen-bond acceptors (Lipinski definition) is 5. The molecule has 142 valence electrons. The maximum Gasteiger partial charge on any atom is 0.417 e. The molecule has 0 N–H and O–H groups in total. The van der Waals surface area contributed by atoms with Gasteiger partial charge in [0.1, 0.15) is 13.2 Å². The summed E-state index contributed by atoms with van der Waals surface area (Å²) in [6.45, 7) is 8.70. The molecule has 26 heavy (non-hydrogen) atoms. The van der Waals surface area contributed by atoms with Crippen molar-refractivity contribution in [2.75, 3.05) is 19.8 Å². The lowest BCUT2D eigenvalue weighted by Crippen LogP contribution is -2.44. The van der Waals surface area contributed by atoms with Gasteiger partial charge in [0.2, 0.25) is 0 Å². The molecule has 0 unspecified atom stereocenters. The average Bonchev–Trinajstić information content (AvgIpc) is 3.03. The topological polar surface area (TPSA) is 65.1 Å². The van der Waals surface area contributed by atoms with Gasteiger partial charge in [-0.2, -0.15) is 0 Å². The van der Waals surface area contributed by atoms with Gasteiger partial charge in [0.25, 0.3) is 5.91 Å². The lowest BCUT2D eigenvalue weighted by atomic mass is 10.0. The molecular formula is C20H27NO5. The minimum atomic E-state index is -0.598. The number of cyclic esters (lactones) is 1. The summed E-state index contributed by atoms with van der Waals surface area (Å²) in [5.74, 6) is -0.254. The number of carbonyl (C=O) groups excluding carboxylic acids is 2. The van der Waals surface area contributed by atoms with Gasteiger partial charge in [-0.15, -0.1) is 6.58 Å². The van der Waals surface area contributed by atoms with Crippen molar-refractivity contribution in [1.29, 1.82) is 0 Å². The smallest absolute Gasteiger partial charge is 0.417 e. The molecule has 2 rings (SSSR count). The van der Waals surface area contributed by atoms with Crippen molar-refractivity contribution >= 4 is 12.0 Å². The summed E-state index contributed by atoms with van der Waals surface area (Å²) in [4.78, 5) is 25.3. The van der Waals surface area contributed by atoms with Crippen LogP contribution in [0.1, 0.15) is 25.8 Å². The fourth-order valence-electron chi connectivity index (χ4n) is 2.69. The molecule has 1 heterocycles. The number of hydrogen-bond donors (Lipinski definition) is 0. The van der Waals surface area contributed by atoms with Crippen LogP contribution in [0, 0.1) is 5.92 Å². The molecule has 0 saturated carbocycles. The van der Waals surface area contributed by atoms with Crippen LogP contribution in [0.25, 0.3) is 0 Å². The molecule has 2 atom stereocenters. The molecule has 2 amide bonds. The molecule has 1 fully saturated rings. The van der Waals surface area contributed by atoms with Gasteiger partial charge in [-0.25, -0.2) is 9.69 Å². The number of carbonyl (C=O) groups is 2. The second kappa shape index (κ2) is 10.1. The Bertz CT molecular complexity index is 601. The largest absolute Gasteiger partial charge is 0.447 e. The van der Waals surface area contributed by atoms with Crippen molar-refractivity contribution in [3.63, 3.8) is 0 Å². The molecule has 0 bridgehead atoms. The summed E-state index contributed by atoms with van der Waals surface area (Å²) < 4.78 is 16.2. The highest BCUT2D eigenvalue weighted by molar-refractivity contribution is 5.94. The van der Waals surface area contributed by atoms with Crippen molar-refractivity contribution in [2.45, 2.75) is 39.0 Å². The molecule has 1 aromatic carbocycles. The maximum absolute atomic E-state index is 12.3. The average molecular weight is 361 g/mol. The van der Waals surface area contributed by atoms with Crippen molar-refractivity contribution in [3.8, 4) is 0 Å². The maximum atomic E-state index is 12.3. The predicted molar refractivity (Wildman–Crippen MR) is 97.5 cm³/mol. The fourth-order valence-corrected chi connectivity index (χ4v) is 2.69. The Morgan fingerprint density at radius 2 is 2.12 bits per heavy atom. The lowest BCUT2D eigenvalue weighted by Gasteiger charge is -2.23. The third kappa shape index (κ3) is 5.68. The number of ether oxygens (including phenoxy) is 3. The van der Waals surface area contributed by atoms with Gasteiger partial charge in [-0.3, -0.25) is 4.79 Å². The summed E-state index contributed by atoms with van der Waals surface area (Å²) in [6.07, 6.45) is 1.31. The van der Waals surface area contributed by atoms with E-state index in [1.165, 1.54) is 0 Å². The highest BCUT2D eigenvalue weighted by Gasteiger charge is 2.39. The Morgan fingerprint density at radius 1 is 1.38 bits per heavy atom. The van der Waals surface area contributed by atoms with E-state index in [1.807, 2.05) is 44.2 Å². The number of imide groups is 1. The summed E-state index contributed by atoms with van der Waals surface area (Å²) in [5, 5.41) is 0. The number of rotatable bonds is 10. The van der Waals surface area contributed by atoms with Crippen LogP contribution in [0.2, 0.25) is 0 Å². The van der Waals surface area contributed by atoms with Crippen LogP contribution in [-0.4, -0.2) is 48.9 Å². The zero-order chi connectivity index (χ0) is 18.9. The molecule has 0 aromatic heterocycles. The van der Waals surface area contributed by atoms with Crippen molar-refractivity contribution in [2.24, 2.45) is 5.92 Å². The molecule has 1 saturated heterocycles. The molecule has 1 aliphatic rings. The Balaban J connectivity index is 1.72. The molecule has 0 aliphatic carbocycles. The second-order valence-corrected chi connectivity index (χ2v) is 6.56. The van der Waals surface area contributed by atoms with Gasteiger partial charge in [-0.1, -0.05) is 50.3 Å². The van der Waals surface area contributed by atoms with Gasteiger partial charge in [0.05, 0.1) is 18.8 Å². The van der Waals surface area contributed by atoms with Gasteiger partial charge >= 0.3 is 6.09 Å². The quantitative estimate of drug-likeness (QED) is 0.473. The molecule has 0 radical (unpaired) electrons. The Morgan fingerprint density at radius 3 is 2.77 bits per heavy atom. The minimum Gasteiger partial charge on any atom is -0.447 e. The first-order valence-electron chi connectivity index (χ1n) is 8.87. The van der Waals surface area contributed by atoms with Crippen LogP contribution in [0.5, 0.6) is 0 Å². The van der Waals surface area contributed by atoms with E-state index in [0.717, 1.165) is 10.5 Å². The van der Waals surface area contributed by atoms with Crippen LogP contribution >= 0.6 is 0 Å². The normalized spacial score (nSPS) is 18.0. The minimum absolute atomic E-state index is 0.131. The third-order valence-electron chi connectivity index (χ3n) is 4.29. The van der Waals surface area contributed by atoms with Crippen molar-refractivity contribution < 1.29 is 23.8 Å². The van der Waals surface area contributed by atoms with Crippen LogP contribution < -0.4 is 0 Å². The summed E-state index contributed by atoms with van der Waals surface area (Å²) in [6, 6.07) is 9.65. The fraction of sp³-hybridized carbons (Fsp3) is 0.500. The van der Waals surface area contributed by atoms with E-state index in [1.54, 1.807) is 6.08 Å². The zero-order valence-corrected chi connectivity index (χ0v) is 15.4. The Labute approximate surface area is 154 Å². The van der Waals surface area contributed by atoms with Crippen LogP contribution in [0.15, 0.2) is 43.0 Å². The summed E-state index contributed by atoms with van der Waals surface area (Å²) >= 11 is 0. The van der Waals surface area contributed by atoms with Gasteiger partial charge in [-0.05, 0) is 11.5 Å². The second-order valence-electron chi connectivity index (χ2n) is 6.56. The summed E-state index contributed by atoms with van der Waals surface area (Å²) in [5.41, 5.74) is 1.10. The summed E-state index contributed by atoms with van der Waals surface area (Å²) in [7, 11) is 0. The molecule has 6 nitrogen and oxygen atoms in total. The number of nitrogens with zero attached hydrogens (tertiary/aromatic N) is 1. The Hall–Kier alpha value is -2.18. The van der Waals surface area contributed by atoms with Gasteiger partial charge < -0.3 is 14.2 Å². The van der Waals surface area contributed by atoms with E-state index in [4.69, 9.17) is 14.2 Å². The SMILES string of the molecule is C=C[C@H](CCOCc1ccccc1)OCC(=O)N1C(=O)OC[C@H]1C(C)C. The van der Waals surface area contributed by atoms with Gasteiger partial charge in [0, 0.05) is 13.0 Å². The van der Waals surface area contributed by atoms with E-state index in [-0.39, 0.29) is 37.2 Å². The number of amides is 2. The highest BCUT2D eigenvalue weighted by Crippen LogP contribution is 2.20. The van der Waals surface area contributed by atoms with Crippen molar-refractivity contribution in [3.05, 3.63) is 48.6 Å². The van der Waals surface area contributed by atoms with E-state index in [9.17, 15) is 9.59 Å². The van der Waals surface area contributed by atoms with E-state index in [0.29, 0.717) is 19.6 Å². The first-order valence-corrected chi connectivity index (χ1v) is 8.87. The van der Waals surface area contributed by atoms with E-state index >= 15 is 0 Å². The first kappa shape index (κ1) is 20.1. The van der Waals surface area contributed by atoms with E-state index < -0.39 is 6.09 Å². The van der Waals surface area contributed by atoms with Crippen molar-refractivity contribution in [1.82, 2.24) is 4.90 Å². The monoisotopic (exact) mass is 361 g/mol. The Kier molecular flexibility index (Phi) is 7.81. The molecule has 1 aromatic rings. The molecule has 1 aliphatic heterocycles. The highest BCUT2D eigenvalue weighted by atomic mass is 16.6. The molecular weight excluding hydrogens is 334 g/mol. The van der Waals surface area contributed by atoms with E-state index in [2.05, 4.69) is 6.58 Å². The first-order chi connectivity index (χ1) is 12.5. The molecule has 0 spiro atoms. The molecule has 6 heteroatoms. The third-order valence-corrected chi connectivity index (χ3v) is 4.29. The van der Waals surface area contributed by atoms with Gasteiger partial charge in [0.15, 0.2) is 0 Å².